The molecule has 4 heteroatoms. The smallest absolute Gasteiger partial charge is 0.335 e. The molecule has 0 aliphatic carbocycles. The van der Waals surface area contributed by atoms with E-state index >= 15 is 0 Å². The quantitative estimate of drug-likeness (QED) is 0.625. The third kappa shape index (κ3) is 2.88. The molecule has 1 rings (SSSR count). The number of halogens is 1. The summed E-state index contributed by atoms with van der Waals surface area (Å²) in [7, 11) is 0. The Morgan fingerprint density at radius 1 is 1.44 bits per heavy atom. The van der Waals surface area contributed by atoms with Crippen molar-refractivity contribution in [3.63, 3.8) is 0 Å². The number of carbonyl (C=O) groups is 1. The Balaban J connectivity index is 2.85. The maximum Gasteiger partial charge on any atom is 0.335 e. The molecule has 0 aromatic carbocycles. The van der Waals surface area contributed by atoms with E-state index in [-0.39, 0.29) is 11.3 Å². The number of rotatable bonds is 4. The summed E-state index contributed by atoms with van der Waals surface area (Å²) in [6, 6.07) is 2.72. The van der Waals surface area contributed by atoms with Crippen LogP contribution in [0, 0.1) is 5.82 Å². The Kier molecular flexibility index (Phi) is 3.72. The van der Waals surface area contributed by atoms with Gasteiger partial charge in [0.2, 0.25) is 0 Å². The van der Waals surface area contributed by atoms with Crippen LogP contribution < -0.4 is 0 Å². The molecule has 82 valence electrons. The molecule has 1 aromatic rings. The summed E-state index contributed by atoms with van der Waals surface area (Å²) in [5.41, 5.74) is 0.287. The molecule has 0 aliphatic rings. The van der Waals surface area contributed by atoms with Crippen molar-refractivity contribution in [3.8, 4) is 0 Å². The Morgan fingerprint density at radius 3 is 2.69 bits per heavy atom. The lowest BCUT2D eigenvalue weighted by atomic mass is 10.1. The van der Waals surface area contributed by atoms with Gasteiger partial charge in [0.15, 0.2) is 0 Å². The van der Waals surface area contributed by atoms with E-state index in [1.54, 1.807) is 0 Å². The molecule has 16 heavy (non-hydrogen) atoms. The highest BCUT2D eigenvalue weighted by Gasteiger charge is 2.04. The molecule has 1 aromatic heterocycles. The number of carboxylic acid groups (broad SMARTS) is 1. The second kappa shape index (κ2) is 5.02. The van der Waals surface area contributed by atoms with Crippen molar-refractivity contribution in [2.45, 2.75) is 0 Å². The highest BCUT2D eigenvalue weighted by molar-refractivity contribution is 5.90. The van der Waals surface area contributed by atoms with Crippen LogP contribution in [0.3, 0.4) is 0 Å². The molecule has 0 atom stereocenters. The van der Waals surface area contributed by atoms with Crippen LogP contribution in [-0.4, -0.2) is 16.1 Å². The molecular formula is C12H10FNO2. The number of allylic oxidation sites excluding steroid dienone is 2. The minimum Gasteiger partial charge on any atom is -0.478 e. The predicted octanol–water partition coefficient (Wildman–Crippen LogP) is 2.43. The molecule has 0 fully saturated rings. The van der Waals surface area contributed by atoms with Gasteiger partial charge < -0.3 is 5.11 Å². The van der Waals surface area contributed by atoms with Crippen molar-refractivity contribution in [1.29, 1.82) is 0 Å². The van der Waals surface area contributed by atoms with Crippen LogP contribution in [0.4, 0.5) is 4.39 Å². The van der Waals surface area contributed by atoms with Gasteiger partial charge in [-0.2, -0.15) is 0 Å². The highest BCUT2D eigenvalue weighted by Crippen LogP contribution is 2.15. The van der Waals surface area contributed by atoms with E-state index in [1.165, 1.54) is 30.5 Å². The summed E-state index contributed by atoms with van der Waals surface area (Å²) in [6.45, 7) is 6.89. The minimum absolute atomic E-state index is 0.0944. The van der Waals surface area contributed by atoms with Crippen LogP contribution in [0.2, 0.25) is 0 Å². The number of pyridine rings is 1. The van der Waals surface area contributed by atoms with E-state index in [2.05, 4.69) is 18.1 Å². The maximum absolute atomic E-state index is 13.2. The fourth-order valence-corrected chi connectivity index (χ4v) is 0.973. The molecule has 1 heterocycles. The molecule has 0 unspecified atom stereocenters. The fraction of sp³-hybridized carbons (Fsp3) is 0. The number of hydrogen-bond acceptors (Lipinski definition) is 2. The van der Waals surface area contributed by atoms with E-state index in [1.807, 2.05) is 0 Å². The molecule has 3 nitrogen and oxygen atoms in total. The van der Waals surface area contributed by atoms with Crippen molar-refractivity contribution in [2.75, 3.05) is 0 Å². The molecule has 1 N–H and O–H groups in total. The Bertz CT molecular complexity index is 478. The van der Waals surface area contributed by atoms with Gasteiger partial charge in [-0.3, -0.25) is 4.98 Å². The lowest BCUT2D eigenvalue weighted by Gasteiger charge is -2.00. The van der Waals surface area contributed by atoms with Crippen molar-refractivity contribution in [2.24, 2.45) is 0 Å². The first-order valence-corrected chi connectivity index (χ1v) is 4.42. The topological polar surface area (TPSA) is 50.2 Å². The summed E-state index contributed by atoms with van der Waals surface area (Å²) >= 11 is 0. The minimum atomic E-state index is -1.13. The van der Waals surface area contributed by atoms with Gasteiger partial charge in [-0.25, -0.2) is 9.18 Å². The molecule has 0 amide bonds. The highest BCUT2D eigenvalue weighted by atomic mass is 19.1. The van der Waals surface area contributed by atoms with Crippen LogP contribution in [0.5, 0.6) is 0 Å². The lowest BCUT2D eigenvalue weighted by Crippen LogP contribution is -1.95. The van der Waals surface area contributed by atoms with Gasteiger partial charge in [0.1, 0.15) is 11.5 Å². The van der Waals surface area contributed by atoms with Crippen LogP contribution in [0.25, 0.3) is 5.57 Å². The Hall–Kier alpha value is -2.23. The van der Waals surface area contributed by atoms with Crippen molar-refractivity contribution in [1.82, 2.24) is 4.98 Å². The average molecular weight is 219 g/mol. The van der Waals surface area contributed by atoms with E-state index in [0.717, 1.165) is 0 Å². The van der Waals surface area contributed by atoms with Gasteiger partial charge >= 0.3 is 5.97 Å². The van der Waals surface area contributed by atoms with Crippen LogP contribution in [-0.2, 0) is 4.79 Å². The first kappa shape index (κ1) is 11.8. The van der Waals surface area contributed by atoms with Gasteiger partial charge in [0.05, 0.1) is 5.57 Å². The molecular weight excluding hydrogens is 209 g/mol. The number of carboxylic acids is 1. The lowest BCUT2D eigenvalue weighted by molar-refractivity contribution is -0.132. The van der Waals surface area contributed by atoms with Gasteiger partial charge in [0, 0.05) is 6.20 Å². The van der Waals surface area contributed by atoms with E-state index in [4.69, 9.17) is 5.11 Å². The summed E-state index contributed by atoms with van der Waals surface area (Å²) < 4.78 is 13.2. The van der Waals surface area contributed by atoms with E-state index < -0.39 is 11.8 Å². The monoisotopic (exact) mass is 219 g/mol. The zero-order chi connectivity index (χ0) is 12.1. The van der Waals surface area contributed by atoms with Gasteiger partial charge in [-0.15, -0.1) is 0 Å². The molecule has 0 bridgehead atoms. The third-order valence-corrected chi connectivity index (χ3v) is 1.82. The van der Waals surface area contributed by atoms with Gasteiger partial charge in [-0.05, 0) is 23.8 Å². The standard InChI is InChI=1S/C12H10FNO2/c1-8(5-6-9(2)12(15)16)11-10(13)4-3-7-14-11/h3-7H,1-2H2,(H,15,16)/b6-5-. The zero-order valence-electron chi connectivity index (χ0n) is 8.48. The van der Waals surface area contributed by atoms with Crippen LogP contribution in [0.15, 0.2) is 49.2 Å². The number of nitrogens with zero attached hydrogens (tertiary/aromatic N) is 1. The van der Waals surface area contributed by atoms with Crippen LogP contribution in [0.1, 0.15) is 5.69 Å². The van der Waals surface area contributed by atoms with Gasteiger partial charge in [-0.1, -0.05) is 19.2 Å². The SMILES string of the molecule is C=C(/C=C\C(=C)c1ncccc1F)C(=O)O. The first-order valence-electron chi connectivity index (χ1n) is 4.42. The molecule has 0 radical (unpaired) electrons. The second-order valence-corrected chi connectivity index (χ2v) is 3.02. The number of aromatic nitrogens is 1. The fourth-order valence-electron chi connectivity index (χ4n) is 0.973. The molecule has 0 saturated heterocycles. The summed E-state index contributed by atoms with van der Waals surface area (Å²) in [6.07, 6.45) is 4.05. The van der Waals surface area contributed by atoms with E-state index in [9.17, 15) is 9.18 Å². The van der Waals surface area contributed by atoms with Crippen molar-refractivity contribution in [3.05, 3.63) is 60.7 Å². The van der Waals surface area contributed by atoms with E-state index in [0.29, 0.717) is 5.57 Å². The zero-order valence-corrected chi connectivity index (χ0v) is 8.48. The maximum atomic E-state index is 13.2. The summed E-state index contributed by atoms with van der Waals surface area (Å²) in [5, 5.41) is 8.55. The normalized spacial score (nSPS) is 10.3. The van der Waals surface area contributed by atoms with Crippen molar-refractivity contribution < 1.29 is 14.3 Å². The predicted molar refractivity (Wildman–Crippen MR) is 59.1 cm³/mol. The summed E-state index contributed by atoms with van der Waals surface area (Å²) in [4.78, 5) is 14.2. The van der Waals surface area contributed by atoms with Crippen LogP contribution >= 0.6 is 0 Å². The van der Waals surface area contributed by atoms with Gasteiger partial charge in [0.25, 0.3) is 0 Å². The molecule has 0 saturated carbocycles. The number of hydrogen-bond donors (Lipinski definition) is 1. The third-order valence-electron chi connectivity index (χ3n) is 1.82. The average Bonchev–Trinajstić information content (AvgIpc) is 2.25. The largest absolute Gasteiger partial charge is 0.478 e. The first-order chi connectivity index (χ1) is 7.52. The Morgan fingerprint density at radius 2 is 2.12 bits per heavy atom. The molecule has 0 aliphatic heterocycles. The second-order valence-electron chi connectivity index (χ2n) is 3.02. The summed E-state index contributed by atoms with van der Waals surface area (Å²) in [5.74, 6) is -1.64. The van der Waals surface area contributed by atoms with Crippen molar-refractivity contribution >= 4 is 11.5 Å². The Labute approximate surface area is 92.3 Å². The molecule has 0 spiro atoms. The number of aliphatic carboxylic acids is 1.